The monoisotopic (exact) mass is 331 g/mol. The molecule has 0 radical (unpaired) electrons. The number of rotatable bonds is 4. The average molecular weight is 331 g/mol. The molecular weight excluding hydrogens is 306 g/mol. The van der Waals surface area contributed by atoms with Crippen LogP contribution in [0.15, 0.2) is 16.7 Å². The van der Waals surface area contributed by atoms with Gasteiger partial charge in [0.25, 0.3) is 0 Å². The van der Waals surface area contributed by atoms with Crippen molar-refractivity contribution in [3.05, 3.63) is 29.7 Å². The first-order valence-corrected chi connectivity index (χ1v) is 8.89. The molecule has 2 aromatic heterocycles. The van der Waals surface area contributed by atoms with Gasteiger partial charge in [-0.3, -0.25) is 9.58 Å². The zero-order valence-electron chi connectivity index (χ0n) is 14.4. The van der Waals surface area contributed by atoms with Crippen LogP contribution in [0.1, 0.15) is 62.2 Å². The van der Waals surface area contributed by atoms with E-state index in [1.54, 1.807) is 6.92 Å². The van der Waals surface area contributed by atoms with Crippen molar-refractivity contribution in [3.8, 4) is 0 Å². The highest BCUT2D eigenvalue weighted by molar-refractivity contribution is 5.01. The van der Waals surface area contributed by atoms with Gasteiger partial charge in [-0.15, -0.1) is 10.2 Å². The van der Waals surface area contributed by atoms with Gasteiger partial charge in [-0.1, -0.05) is 12.8 Å². The standard InChI is InChI=1S/C17H25N5O2/c1-12-9-21(11-16(23-12)17-19-18-13(2)24-17)10-14-7-8-22(20-14)15-5-3-4-6-15/h7-8,12,15-16H,3-6,9-11H2,1-2H3/t12-,16-/m1/s1. The summed E-state index contributed by atoms with van der Waals surface area (Å²) in [5.74, 6) is 1.15. The molecule has 0 bridgehead atoms. The summed E-state index contributed by atoms with van der Waals surface area (Å²) >= 11 is 0. The molecule has 1 aliphatic carbocycles. The fourth-order valence-corrected chi connectivity index (χ4v) is 3.81. The van der Waals surface area contributed by atoms with Crippen molar-refractivity contribution in [3.63, 3.8) is 0 Å². The molecule has 0 unspecified atom stereocenters. The van der Waals surface area contributed by atoms with Gasteiger partial charge in [0.15, 0.2) is 0 Å². The van der Waals surface area contributed by atoms with Gasteiger partial charge >= 0.3 is 0 Å². The van der Waals surface area contributed by atoms with Crippen LogP contribution in [0.3, 0.4) is 0 Å². The molecule has 2 fully saturated rings. The minimum absolute atomic E-state index is 0.132. The summed E-state index contributed by atoms with van der Waals surface area (Å²) in [6.07, 6.45) is 7.27. The third kappa shape index (κ3) is 3.37. The molecule has 0 N–H and O–H groups in total. The van der Waals surface area contributed by atoms with Crippen LogP contribution in [-0.4, -0.2) is 44.1 Å². The third-order valence-corrected chi connectivity index (χ3v) is 4.90. The van der Waals surface area contributed by atoms with Crippen molar-refractivity contribution < 1.29 is 9.15 Å². The van der Waals surface area contributed by atoms with Crippen molar-refractivity contribution in [2.45, 2.75) is 64.3 Å². The van der Waals surface area contributed by atoms with Crippen molar-refractivity contribution in [2.24, 2.45) is 0 Å². The summed E-state index contributed by atoms with van der Waals surface area (Å²) in [4.78, 5) is 2.36. The maximum absolute atomic E-state index is 5.98. The van der Waals surface area contributed by atoms with Crippen LogP contribution in [0.25, 0.3) is 0 Å². The molecule has 0 aromatic carbocycles. The number of ether oxygens (including phenoxy) is 1. The van der Waals surface area contributed by atoms with Gasteiger partial charge < -0.3 is 9.15 Å². The van der Waals surface area contributed by atoms with Gasteiger partial charge in [0.05, 0.1) is 17.8 Å². The van der Waals surface area contributed by atoms with Crippen LogP contribution in [0.4, 0.5) is 0 Å². The maximum Gasteiger partial charge on any atom is 0.246 e. The number of nitrogens with zero attached hydrogens (tertiary/aromatic N) is 5. The van der Waals surface area contributed by atoms with E-state index in [4.69, 9.17) is 14.3 Å². The van der Waals surface area contributed by atoms with Gasteiger partial charge in [0.2, 0.25) is 11.8 Å². The fraction of sp³-hybridized carbons (Fsp3) is 0.706. The Hall–Kier alpha value is -1.73. The molecule has 1 saturated heterocycles. The SMILES string of the molecule is Cc1nnc([C@H]2CN(Cc3ccn(C4CCCC4)n3)C[C@@H](C)O2)o1. The predicted octanol–water partition coefficient (Wildman–Crippen LogP) is 2.65. The lowest BCUT2D eigenvalue weighted by atomic mass is 10.2. The number of aromatic nitrogens is 4. The first-order valence-electron chi connectivity index (χ1n) is 8.89. The van der Waals surface area contributed by atoms with Crippen molar-refractivity contribution in [1.29, 1.82) is 0 Å². The molecule has 2 aromatic rings. The van der Waals surface area contributed by atoms with E-state index < -0.39 is 0 Å². The van der Waals surface area contributed by atoms with E-state index in [0.717, 1.165) is 25.3 Å². The molecule has 130 valence electrons. The molecule has 7 nitrogen and oxygen atoms in total. The molecule has 2 atom stereocenters. The third-order valence-electron chi connectivity index (χ3n) is 4.90. The molecule has 7 heteroatoms. The lowest BCUT2D eigenvalue weighted by Crippen LogP contribution is -2.42. The van der Waals surface area contributed by atoms with Crippen LogP contribution < -0.4 is 0 Å². The van der Waals surface area contributed by atoms with Gasteiger partial charge in [0, 0.05) is 32.8 Å². The summed E-state index contributed by atoms with van der Waals surface area (Å²) < 4.78 is 13.7. The molecule has 24 heavy (non-hydrogen) atoms. The first-order chi connectivity index (χ1) is 11.7. The van der Waals surface area contributed by atoms with Crippen LogP contribution in [-0.2, 0) is 11.3 Å². The highest BCUT2D eigenvalue weighted by Gasteiger charge is 2.30. The Balaban J connectivity index is 1.42. The van der Waals surface area contributed by atoms with Crippen molar-refractivity contribution in [2.75, 3.05) is 13.1 Å². The smallest absolute Gasteiger partial charge is 0.246 e. The predicted molar refractivity (Wildman–Crippen MR) is 87.3 cm³/mol. The molecule has 2 aliphatic rings. The second-order valence-electron chi connectivity index (χ2n) is 7.01. The molecule has 1 saturated carbocycles. The molecule has 3 heterocycles. The van der Waals surface area contributed by atoms with E-state index in [0.29, 0.717) is 17.8 Å². The number of hydrogen-bond donors (Lipinski definition) is 0. The molecule has 0 amide bonds. The Morgan fingerprint density at radius 2 is 2.04 bits per heavy atom. The minimum Gasteiger partial charge on any atom is -0.423 e. The second-order valence-corrected chi connectivity index (χ2v) is 7.01. The van der Waals surface area contributed by atoms with E-state index in [2.05, 4.69) is 39.0 Å². The second kappa shape index (κ2) is 6.64. The highest BCUT2D eigenvalue weighted by atomic mass is 16.5. The summed E-state index contributed by atoms with van der Waals surface area (Å²) in [7, 11) is 0. The topological polar surface area (TPSA) is 69.2 Å². The van der Waals surface area contributed by atoms with Gasteiger partial charge in [-0.05, 0) is 25.8 Å². The van der Waals surface area contributed by atoms with Crippen LogP contribution in [0.2, 0.25) is 0 Å². The molecule has 4 rings (SSSR count). The van der Waals surface area contributed by atoms with E-state index in [9.17, 15) is 0 Å². The zero-order chi connectivity index (χ0) is 16.5. The lowest BCUT2D eigenvalue weighted by molar-refractivity contribution is -0.0920. The van der Waals surface area contributed by atoms with E-state index in [1.165, 1.54) is 25.7 Å². The average Bonchev–Trinajstić information content (AvgIpc) is 3.26. The highest BCUT2D eigenvalue weighted by Crippen LogP contribution is 2.29. The Kier molecular flexibility index (Phi) is 4.37. The number of morpholine rings is 1. The molecule has 1 aliphatic heterocycles. The van der Waals surface area contributed by atoms with Crippen LogP contribution >= 0.6 is 0 Å². The quantitative estimate of drug-likeness (QED) is 0.858. The fourth-order valence-electron chi connectivity index (χ4n) is 3.81. The van der Waals surface area contributed by atoms with Gasteiger partial charge in [-0.2, -0.15) is 5.10 Å². The molecule has 0 spiro atoms. The van der Waals surface area contributed by atoms with Crippen molar-refractivity contribution in [1.82, 2.24) is 24.9 Å². The van der Waals surface area contributed by atoms with E-state index in [1.807, 2.05) is 0 Å². The van der Waals surface area contributed by atoms with Crippen molar-refractivity contribution >= 4 is 0 Å². The van der Waals surface area contributed by atoms with Crippen LogP contribution in [0, 0.1) is 6.92 Å². The Morgan fingerprint density at radius 1 is 1.21 bits per heavy atom. The van der Waals surface area contributed by atoms with Gasteiger partial charge in [-0.25, -0.2) is 0 Å². The molecular formula is C17H25N5O2. The summed E-state index contributed by atoms with van der Waals surface area (Å²) in [5.41, 5.74) is 1.12. The number of aryl methyl sites for hydroxylation is 1. The summed E-state index contributed by atoms with van der Waals surface area (Å²) in [6.45, 7) is 6.36. The Bertz CT molecular complexity index is 676. The minimum atomic E-state index is -0.160. The summed E-state index contributed by atoms with van der Waals surface area (Å²) in [6, 6.07) is 2.74. The van der Waals surface area contributed by atoms with E-state index >= 15 is 0 Å². The number of hydrogen-bond acceptors (Lipinski definition) is 6. The normalized spacial score (nSPS) is 26.2. The first kappa shape index (κ1) is 15.8. The van der Waals surface area contributed by atoms with Gasteiger partial charge in [0.1, 0.15) is 6.10 Å². The summed E-state index contributed by atoms with van der Waals surface area (Å²) in [5, 5.41) is 12.8. The Labute approximate surface area is 142 Å². The largest absolute Gasteiger partial charge is 0.423 e. The maximum atomic E-state index is 5.98. The van der Waals surface area contributed by atoms with Crippen LogP contribution in [0.5, 0.6) is 0 Å². The van der Waals surface area contributed by atoms with E-state index in [-0.39, 0.29) is 12.2 Å². The zero-order valence-corrected chi connectivity index (χ0v) is 14.4. The lowest BCUT2D eigenvalue weighted by Gasteiger charge is -2.34. The Morgan fingerprint density at radius 3 is 2.79 bits per heavy atom.